The lowest BCUT2D eigenvalue weighted by Crippen LogP contribution is -1.96. The van der Waals surface area contributed by atoms with E-state index >= 15 is 0 Å². The molecule has 0 aliphatic rings. The van der Waals surface area contributed by atoms with Gasteiger partial charge in [0.2, 0.25) is 0 Å². The maximum Gasteiger partial charge on any atom is 0.306 e. The second kappa shape index (κ2) is 3.82. The lowest BCUT2D eigenvalue weighted by Gasteiger charge is -2.00. The first-order valence-electron chi connectivity index (χ1n) is 3.25. The minimum absolute atomic E-state index is 0.164. The van der Waals surface area contributed by atoms with Crippen molar-refractivity contribution < 1.29 is 12.3 Å². The van der Waals surface area contributed by atoms with Gasteiger partial charge in [-0.3, -0.25) is 0 Å². The van der Waals surface area contributed by atoms with Gasteiger partial charge in [0.15, 0.2) is 0 Å². The van der Waals surface area contributed by atoms with E-state index < -0.39 is 16.0 Å². The van der Waals surface area contributed by atoms with Gasteiger partial charge in [-0.25, -0.2) is 0 Å². The van der Waals surface area contributed by atoms with Crippen LogP contribution >= 0.6 is 23.2 Å². The molecule has 0 bridgehead atoms. The average Bonchev–Trinajstić information content (AvgIpc) is 1.94. The maximum atomic E-state index is 12.3. The summed E-state index contributed by atoms with van der Waals surface area (Å²) in [6.07, 6.45) is 0. The van der Waals surface area contributed by atoms with Gasteiger partial charge in [-0.2, -0.15) is 8.42 Å². The highest BCUT2D eigenvalue weighted by Crippen LogP contribution is 2.22. The van der Waals surface area contributed by atoms with Gasteiger partial charge in [0, 0.05) is 10.0 Å². The monoisotopic (exact) mass is 242 g/mol. The summed E-state index contributed by atoms with van der Waals surface area (Å²) < 4.78 is 32.8. The third-order valence-corrected chi connectivity index (χ3v) is 2.60. The van der Waals surface area contributed by atoms with Crippen LogP contribution in [0, 0.1) is 0 Å². The van der Waals surface area contributed by atoms with E-state index in [2.05, 4.69) is 0 Å². The number of halogens is 3. The topological polar surface area (TPSA) is 34.1 Å². The van der Waals surface area contributed by atoms with Crippen molar-refractivity contribution in [3.63, 3.8) is 0 Å². The van der Waals surface area contributed by atoms with Crippen LogP contribution in [0.15, 0.2) is 18.2 Å². The average molecular weight is 243 g/mol. The van der Waals surface area contributed by atoms with E-state index in [1.54, 1.807) is 0 Å². The molecule has 0 amide bonds. The quantitative estimate of drug-likeness (QED) is 0.748. The first kappa shape index (κ1) is 10.8. The molecule has 1 rings (SSSR count). The van der Waals surface area contributed by atoms with Gasteiger partial charge < -0.3 is 0 Å². The number of rotatable bonds is 2. The highest BCUT2D eigenvalue weighted by Gasteiger charge is 2.12. The third kappa shape index (κ3) is 3.50. The van der Waals surface area contributed by atoms with Gasteiger partial charge in [-0.05, 0) is 23.8 Å². The summed E-state index contributed by atoms with van der Waals surface area (Å²) in [5.41, 5.74) is 0.164. The molecule has 0 N–H and O–H groups in total. The van der Waals surface area contributed by atoms with E-state index in [1.165, 1.54) is 18.2 Å². The summed E-state index contributed by atoms with van der Waals surface area (Å²) in [5, 5.41) is 0.508. The van der Waals surface area contributed by atoms with Crippen molar-refractivity contribution in [2.45, 2.75) is 5.75 Å². The molecule has 0 aromatic heterocycles. The van der Waals surface area contributed by atoms with Crippen LogP contribution < -0.4 is 0 Å². The third-order valence-electron chi connectivity index (χ3n) is 1.34. The number of benzene rings is 1. The van der Waals surface area contributed by atoms with Crippen LogP contribution in [-0.4, -0.2) is 8.42 Å². The summed E-state index contributed by atoms with van der Waals surface area (Å²) >= 11 is 11.2. The molecule has 0 saturated carbocycles. The molecule has 0 atom stereocenters. The Morgan fingerprint density at radius 2 is 1.92 bits per heavy atom. The van der Waals surface area contributed by atoms with Gasteiger partial charge in [-0.1, -0.05) is 23.2 Å². The van der Waals surface area contributed by atoms with Gasteiger partial charge in [0.05, 0.1) is 0 Å². The molecule has 0 aliphatic carbocycles. The largest absolute Gasteiger partial charge is 0.306 e. The first-order chi connectivity index (χ1) is 5.88. The SMILES string of the molecule is O=S(=O)(F)Cc1cc(Cl)ccc1Cl. The Bertz CT molecular complexity index is 417. The molecule has 0 aliphatic heterocycles. The molecule has 0 unspecified atom stereocenters. The molecule has 2 nitrogen and oxygen atoms in total. The molecule has 72 valence electrons. The lowest BCUT2D eigenvalue weighted by molar-refractivity contribution is 0.551. The highest BCUT2D eigenvalue weighted by molar-refractivity contribution is 7.85. The molecule has 6 heteroatoms. The Labute approximate surface area is 85.5 Å². The summed E-state index contributed by atoms with van der Waals surface area (Å²) in [6.45, 7) is 0. The molecule has 1 aromatic rings. The molecular weight excluding hydrogens is 238 g/mol. The summed E-state index contributed by atoms with van der Waals surface area (Å²) in [6, 6.07) is 4.24. The predicted octanol–water partition coefficient (Wildman–Crippen LogP) is 2.79. The van der Waals surface area contributed by atoms with Crippen molar-refractivity contribution in [1.82, 2.24) is 0 Å². The smallest absolute Gasteiger partial charge is 0.194 e. The van der Waals surface area contributed by atoms with Crippen molar-refractivity contribution in [2.24, 2.45) is 0 Å². The van der Waals surface area contributed by atoms with Crippen molar-refractivity contribution in [3.8, 4) is 0 Å². The van der Waals surface area contributed by atoms with E-state index in [-0.39, 0.29) is 10.6 Å². The lowest BCUT2D eigenvalue weighted by atomic mass is 10.2. The van der Waals surface area contributed by atoms with E-state index in [0.29, 0.717) is 5.02 Å². The van der Waals surface area contributed by atoms with Crippen LogP contribution in [-0.2, 0) is 16.0 Å². The van der Waals surface area contributed by atoms with Crippen molar-refractivity contribution >= 4 is 33.4 Å². The Morgan fingerprint density at radius 1 is 1.31 bits per heavy atom. The van der Waals surface area contributed by atoms with Crippen molar-refractivity contribution in [1.29, 1.82) is 0 Å². The van der Waals surface area contributed by atoms with Crippen LogP contribution in [0.2, 0.25) is 10.0 Å². The van der Waals surface area contributed by atoms with Gasteiger partial charge in [0.25, 0.3) is 0 Å². The Kier molecular flexibility index (Phi) is 3.16. The number of hydrogen-bond acceptors (Lipinski definition) is 2. The van der Waals surface area contributed by atoms with Crippen LogP contribution in [0.4, 0.5) is 3.89 Å². The minimum atomic E-state index is -4.56. The first-order valence-corrected chi connectivity index (χ1v) is 5.55. The summed E-state index contributed by atoms with van der Waals surface area (Å²) in [4.78, 5) is 0. The normalized spacial score (nSPS) is 11.6. The fourth-order valence-corrected chi connectivity index (χ4v) is 1.91. The van der Waals surface area contributed by atoms with Crippen LogP contribution in [0.5, 0.6) is 0 Å². The van der Waals surface area contributed by atoms with E-state index in [9.17, 15) is 12.3 Å². The zero-order chi connectivity index (χ0) is 10.1. The van der Waals surface area contributed by atoms with Crippen molar-refractivity contribution in [3.05, 3.63) is 33.8 Å². The summed E-state index contributed by atoms with van der Waals surface area (Å²) in [7, 11) is -4.56. The number of hydrogen-bond donors (Lipinski definition) is 0. The molecular formula is C7H5Cl2FO2S. The Balaban J connectivity index is 3.08. The second-order valence-corrected chi connectivity index (χ2v) is 4.63. The Hall–Kier alpha value is -0.320. The van der Waals surface area contributed by atoms with Crippen LogP contribution in [0.3, 0.4) is 0 Å². The molecule has 0 fully saturated rings. The second-order valence-electron chi connectivity index (χ2n) is 2.42. The van der Waals surface area contributed by atoms with E-state index in [4.69, 9.17) is 23.2 Å². The fourth-order valence-electron chi connectivity index (χ4n) is 0.840. The zero-order valence-electron chi connectivity index (χ0n) is 6.30. The van der Waals surface area contributed by atoms with E-state index in [0.717, 1.165) is 0 Å². The molecule has 0 heterocycles. The molecule has 13 heavy (non-hydrogen) atoms. The van der Waals surface area contributed by atoms with Crippen LogP contribution in [0.25, 0.3) is 0 Å². The molecule has 0 spiro atoms. The maximum absolute atomic E-state index is 12.3. The van der Waals surface area contributed by atoms with E-state index in [1.807, 2.05) is 0 Å². The van der Waals surface area contributed by atoms with Gasteiger partial charge in [0.1, 0.15) is 5.75 Å². The molecule has 1 aromatic carbocycles. The fraction of sp³-hybridized carbons (Fsp3) is 0.143. The zero-order valence-corrected chi connectivity index (χ0v) is 8.63. The summed E-state index contributed by atoms with van der Waals surface area (Å²) in [5.74, 6) is -0.744. The van der Waals surface area contributed by atoms with Crippen LogP contribution in [0.1, 0.15) is 5.56 Å². The highest BCUT2D eigenvalue weighted by atomic mass is 35.5. The predicted molar refractivity (Wildman–Crippen MR) is 50.2 cm³/mol. The van der Waals surface area contributed by atoms with Gasteiger partial charge >= 0.3 is 10.2 Å². The Morgan fingerprint density at radius 3 is 2.46 bits per heavy atom. The minimum Gasteiger partial charge on any atom is -0.194 e. The standard InChI is InChI=1S/C7H5Cl2FO2S/c8-6-1-2-7(9)5(3-6)4-13(10,11)12/h1-3H,4H2. The molecule has 0 radical (unpaired) electrons. The van der Waals surface area contributed by atoms with Crippen molar-refractivity contribution in [2.75, 3.05) is 0 Å². The van der Waals surface area contributed by atoms with Gasteiger partial charge in [-0.15, -0.1) is 3.89 Å². The molecule has 0 saturated heterocycles.